The van der Waals surface area contributed by atoms with Crippen molar-refractivity contribution in [3.63, 3.8) is 0 Å². The van der Waals surface area contributed by atoms with Gasteiger partial charge in [-0.1, -0.05) is 26.0 Å². The van der Waals surface area contributed by atoms with Crippen molar-refractivity contribution in [1.82, 2.24) is 5.32 Å². The normalized spacial score (nSPS) is 17.1. The van der Waals surface area contributed by atoms with E-state index in [4.69, 9.17) is 0 Å². The molecule has 0 saturated carbocycles. The molecule has 1 fully saturated rings. The van der Waals surface area contributed by atoms with Gasteiger partial charge in [0.2, 0.25) is 5.91 Å². The smallest absolute Gasteiger partial charge is 0.292 e. The van der Waals surface area contributed by atoms with Crippen LogP contribution >= 0.6 is 0 Å². The highest BCUT2D eigenvalue weighted by Crippen LogP contribution is 2.31. The summed E-state index contributed by atoms with van der Waals surface area (Å²) in [7, 11) is 0. The number of nitro benzene ring substituents is 1. The van der Waals surface area contributed by atoms with Gasteiger partial charge in [-0.25, -0.2) is 0 Å². The third-order valence-electron chi connectivity index (χ3n) is 4.65. The molecule has 0 bridgehead atoms. The summed E-state index contributed by atoms with van der Waals surface area (Å²) in [6.45, 7) is 7.52. The lowest BCUT2D eigenvalue weighted by molar-refractivity contribution is -0.384. The molecule has 1 saturated heterocycles. The fourth-order valence-electron chi connectivity index (χ4n) is 2.78. The fraction of sp³-hybridized carbons (Fsp3) is 0.588. The molecule has 1 amide bonds. The molecular formula is C17H25N3O3. The van der Waals surface area contributed by atoms with Gasteiger partial charge in [-0.2, -0.15) is 0 Å². The predicted octanol–water partition coefficient (Wildman–Crippen LogP) is 2.97. The minimum atomic E-state index is -0.349. The van der Waals surface area contributed by atoms with Crippen molar-refractivity contribution in [2.45, 2.75) is 39.7 Å². The summed E-state index contributed by atoms with van der Waals surface area (Å²) < 4.78 is 0. The summed E-state index contributed by atoms with van der Waals surface area (Å²) >= 11 is 0. The number of anilines is 1. The molecule has 6 heteroatoms. The number of benzene rings is 1. The molecule has 1 aliphatic heterocycles. The summed E-state index contributed by atoms with van der Waals surface area (Å²) in [6, 6.07) is 6.95. The van der Waals surface area contributed by atoms with Crippen molar-refractivity contribution in [2.24, 2.45) is 11.8 Å². The van der Waals surface area contributed by atoms with Gasteiger partial charge in [-0.05, 0) is 31.7 Å². The second-order valence-electron chi connectivity index (χ2n) is 6.55. The van der Waals surface area contributed by atoms with Gasteiger partial charge in [-0.15, -0.1) is 0 Å². The summed E-state index contributed by atoms with van der Waals surface area (Å²) in [4.78, 5) is 25.1. The zero-order valence-corrected chi connectivity index (χ0v) is 14.0. The fourth-order valence-corrected chi connectivity index (χ4v) is 2.78. The standard InChI is InChI=1S/C17H25N3O3/c1-12(2)13(3)18-17(21)14-8-10-19(11-9-14)15-6-4-5-7-16(15)20(22)23/h4-7,12-14H,8-11H2,1-3H3,(H,18,21). The van der Waals surface area contributed by atoms with E-state index in [0.717, 1.165) is 12.8 Å². The van der Waals surface area contributed by atoms with Crippen LogP contribution in [-0.4, -0.2) is 30.0 Å². The molecule has 6 nitrogen and oxygen atoms in total. The topological polar surface area (TPSA) is 75.5 Å². The van der Waals surface area contributed by atoms with Gasteiger partial charge in [0.25, 0.3) is 5.69 Å². The minimum absolute atomic E-state index is 0.00443. The largest absolute Gasteiger partial charge is 0.366 e. The molecule has 0 aromatic heterocycles. The SMILES string of the molecule is CC(C)C(C)NC(=O)C1CCN(c2ccccc2[N+](=O)[O-])CC1. The van der Waals surface area contributed by atoms with Crippen LogP contribution in [0.25, 0.3) is 0 Å². The molecule has 1 heterocycles. The lowest BCUT2D eigenvalue weighted by atomic mass is 9.94. The molecule has 1 atom stereocenters. The van der Waals surface area contributed by atoms with E-state index in [2.05, 4.69) is 19.2 Å². The van der Waals surface area contributed by atoms with Crippen LogP contribution in [0.15, 0.2) is 24.3 Å². The Bertz CT molecular complexity index is 566. The van der Waals surface area contributed by atoms with Gasteiger partial charge < -0.3 is 10.2 Å². The molecule has 126 valence electrons. The Hall–Kier alpha value is -2.11. The molecule has 1 aromatic carbocycles. The average molecular weight is 319 g/mol. The van der Waals surface area contributed by atoms with Crippen LogP contribution in [0.5, 0.6) is 0 Å². The molecule has 23 heavy (non-hydrogen) atoms. The quantitative estimate of drug-likeness (QED) is 0.669. The van der Waals surface area contributed by atoms with Crippen LogP contribution in [0, 0.1) is 22.0 Å². The molecule has 1 unspecified atom stereocenters. The Labute approximate surface area is 137 Å². The first-order chi connectivity index (χ1) is 10.9. The van der Waals surface area contributed by atoms with Crippen molar-refractivity contribution >= 4 is 17.3 Å². The third kappa shape index (κ3) is 4.21. The van der Waals surface area contributed by atoms with Gasteiger partial charge in [0.05, 0.1) is 4.92 Å². The minimum Gasteiger partial charge on any atom is -0.366 e. The van der Waals surface area contributed by atoms with E-state index in [1.165, 1.54) is 6.07 Å². The monoisotopic (exact) mass is 319 g/mol. The van der Waals surface area contributed by atoms with Crippen LogP contribution in [0.4, 0.5) is 11.4 Å². The van der Waals surface area contributed by atoms with E-state index in [9.17, 15) is 14.9 Å². The highest BCUT2D eigenvalue weighted by molar-refractivity contribution is 5.79. The van der Waals surface area contributed by atoms with E-state index in [0.29, 0.717) is 24.7 Å². The van der Waals surface area contributed by atoms with Gasteiger partial charge in [-0.3, -0.25) is 14.9 Å². The lowest BCUT2D eigenvalue weighted by Crippen LogP contribution is -2.44. The number of nitro groups is 1. The summed E-state index contributed by atoms with van der Waals surface area (Å²) in [6.07, 6.45) is 1.45. The van der Waals surface area contributed by atoms with Crippen LogP contribution in [-0.2, 0) is 4.79 Å². The zero-order chi connectivity index (χ0) is 17.0. The van der Waals surface area contributed by atoms with Crippen molar-refractivity contribution in [3.8, 4) is 0 Å². The second-order valence-corrected chi connectivity index (χ2v) is 6.55. The van der Waals surface area contributed by atoms with E-state index in [1.54, 1.807) is 12.1 Å². The number of hydrogen-bond acceptors (Lipinski definition) is 4. The highest BCUT2D eigenvalue weighted by Gasteiger charge is 2.28. The number of amides is 1. The van der Waals surface area contributed by atoms with Gasteiger partial charge in [0, 0.05) is 31.1 Å². The maximum absolute atomic E-state index is 12.3. The number of nitrogens with zero attached hydrogens (tertiary/aromatic N) is 2. The first-order valence-electron chi connectivity index (χ1n) is 8.19. The lowest BCUT2D eigenvalue weighted by Gasteiger charge is -2.33. The number of carbonyl (C=O) groups is 1. The van der Waals surface area contributed by atoms with Crippen LogP contribution in [0.1, 0.15) is 33.6 Å². The van der Waals surface area contributed by atoms with Crippen LogP contribution < -0.4 is 10.2 Å². The second kappa shape index (κ2) is 7.44. The molecule has 1 aliphatic rings. The third-order valence-corrected chi connectivity index (χ3v) is 4.65. The molecule has 0 radical (unpaired) electrons. The Morgan fingerprint density at radius 3 is 2.43 bits per heavy atom. The maximum Gasteiger partial charge on any atom is 0.292 e. The number of carbonyl (C=O) groups excluding carboxylic acids is 1. The molecular weight excluding hydrogens is 294 g/mol. The zero-order valence-electron chi connectivity index (χ0n) is 14.0. The molecule has 2 rings (SSSR count). The van der Waals surface area contributed by atoms with E-state index in [1.807, 2.05) is 17.9 Å². The van der Waals surface area contributed by atoms with Gasteiger partial charge >= 0.3 is 0 Å². The molecule has 0 spiro atoms. The Balaban J connectivity index is 1.97. The molecule has 0 aliphatic carbocycles. The first kappa shape index (κ1) is 17.2. The Morgan fingerprint density at radius 1 is 1.26 bits per heavy atom. The highest BCUT2D eigenvalue weighted by atomic mass is 16.6. The van der Waals surface area contributed by atoms with E-state index >= 15 is 0 Å². The predicted molar refractivity (Wildman–Crippen MR) is 90.5 cm³/mol. The Morgan fingerprint density at radius 2 is 1.87 bits per heavy atom. The number of para-hydroxylation sites is 2. The average Bonchev–Trinajstić information content (AvgIpc) is 2.54. The van der Waals surface area contributed by atoms with Gasteiger partial charge in [0.1, 0.15) is 5.69 Å². The van der Waals surface area contributed by atoms with E-state index < -0.39 is 0 Å². The van der Waals surface area contributed by atoms with Crippen molar-refractivity contribution in [2.75, 3.05) is 18.0 Å². The number of rotatable bonds is 5. The van der Waals surface area contributed by atoms with Crippen LogP contribution in [0.2, 0.25) is 0 Å². The molecule has 1 N–H and O–H groups in total. The molecule has 1 aromatic rings. The number of nitrogens with one attached hydrogen (secondary N) is 1. The summed E-state index contributed by atoms with van der Waals surface area (Å²) in [5, 5.41) is 14.2. The first-order valence-corrected chi connectivity index (χ1v) is 8.19. The summed E-state index contributed by atoms with van der Waals surface area (Å²) in [5.74, 6) is 0.509. The van der Waals surface area contributed by atoms with Crippen molar-refractivity contribution < 1.29 is 9.72 Å². The maximum atomic E-state index is 12.3. The van der Waals surface area contributed by atoms with Gasteiger partial charge in [0.15, 0.2) is 0 Å². The van der Waals surface area contributed by atoms with Crippen molar-refractivity contribution in [1.29, 1.82) is 0 Å². The summed E-state index contributed by atoms with van der Waals surface area (Å²) in [5.41, 5.74) is 0.774. The van der Waals surface area contributed by atoms with Crippen LogP contribution in [0.3, 0.4) is 0 Å². The number of piperidine rings is 1. The number of hydrogen-bond donors (Lipinski definition) is 1. The van der Waals surface area contributed by atoms with E-state index in [-0.39, 0.29) is 28.5 Å². The van der Waals surface area contributed by atoms with Crippen molar-refractivity contribution in [3.05, 3.63) is 34.4 Å². The Kier molecular flexibility index (Phi) is 5.58.